The quantitative estimate of drug-likeness (QED) is 0.739. The second kappa shape index (κ2) is 5.49. The molecule has 1 rings (SSSR count). The van der Waals surface area contributed by atoms with E-state index in [4.69, 9.17) is 9.47 Å². The molecule has 88 valence electrons. The van der Waals surface area contributed by atoms with Crippen molar-refractivity contribution >= 4 is 5.97 Å². The van der Waals surface area contributed by atoms with E-state index in [2.05, 4.69) is 0 Å². The van der Waals surface area contributed by atoms with E-state index in [1.165, 1.54) is 13.2 Å². The first-order chi connectivity index (χ1) is 7.60. The van der Waals surface area contributed by atoms with Gasteiger partial charge in [-0.1, -0.05) is 6.07 Å². The van der Waals surface area contributed by atoms with E-state index in [0.717, 1.165) is 5.56 Å². The Morgan fingerprint density at radius 3 is 2.69 bits per heavy atom. The number of rotatable bonds is 4. The molecule has 1 aromatic rings. The molecule has 0 spiro atoms. The molecule has 1 aromatic carbocycles. The Balaban J connectivity index is 3.01. The number of ether oxygens (including phenoxy) is 2. The average Bonchev–Trinajstić information content (AvgIpc) is 2.24. The second-order valence-electron chi connectivity index (χ2n) is 3.36. The molecule has 0 aliphatic rings. The number of carbonyl (C=O) groups excluding carboxylic acids is 1. The molecule has 0 atom stereocenters. The van der Waals surface area contributed by atoms with Crippen molar-refractivity contribution in [2.45, 2.75) is 20.3 Å². The van der Waals surface area contributed by atoms with Crippen molar-refractivity contribution in [2.75, 3.05) is 13.7 Å². The molecule has 0 unspecified atom stereocenters. The Bertz CT molecular complexity index is 388. The summed E-state index contributed by atoms with van der Waals surface area (Å²) in [6.07, 6.45) is 0.0284. The summed E-state index contributed by atoms with van der Waals surface area (Å²) in [4.78, 5) is 11.3. The van der Waals surface area contributed by atoms with Crippen LogP contribution in [-0.4, -0.2) is 19.7 Å². The molecule has 0 aliphatic heterocycles. The molecule has 0 bridgehead atoms. The van der Waals surface area contributed by atoms with Crippen LogP contribution in [0, 0.1) is 12.7 Å². The fourth-order valence-corrected chi connectivity index (χ4v) is 1.49. The molecular formula is C12H15FO3. The van der Waals surface area contributed by atoms with Crippen molar-refractivity contribution in [2.24, 2.45) is 0 Å². The third-order valence-corrected chi connectivity index (χ3v) is 2.28. The highest BCUT2D eigenvalue weighted by Gasteiger charge is 2.15. The fourth-order valence-electron chi connectivity index (χ4n) is 1.49. The van der Waals surface area contributed by atoms with Gasteiger partial charge in [-0.2, -0.15) is 0 Å². The van der Waals surface area contributed by atoms with Crippen molar-refractivity contribution in [1.29, 1.82) is 0 Å². The van der Waals surface area contributed by atoms with Crippen LogP contribution in [0.4, 0.5) is 4.39 Å². The third-order valence-electron chi connectivity index (χ3n) is 2.28. The zero-order chi connectivity index (χ0) is 12.1. The van der Waals surface area contributed by atoms with Crippen LogP contribution in [0.3, 0.4) is 0 Å². The smallest absolute Gasteiger partial charge is 0.310 e. The SMILES string of the molecule is CCOC(=O)Cc1c(C)ccc(F)c1OC. The summed E-state index contributed by atoms with van der Waals surface area (Å²) in [7, 11) is 1.38. The van der Waals surface area contributed by atoms with Crippen LogP contribution < -0.4 is 4.74 Å². The minimum atomic E-state index is -0.465. The molecule has 3 nitrogen and oxygen atoms in total. The lowest BCUT2D eigenvalue weighted by atomic mass is 10.0. The lowest BCUT2D eigenvalue weighted by Gasteiger charge is -2.11. The van der Waals surface area contributed by atoms with E-state index in [-0.39, 0.29) is 18.1 Å². The topological polar surface area (TPSA) is 35.5 Å². The number of benzene rings is 1. The van der Waals surface area contributed by atoms with Crippen molar-refractivity contribution in [3.63, 3.8) is 0 Å². The molecule has 0 N–H and O–H groups in total. The molecule has 0 aromatic heterocycles. The molecule has 0 aliphatic carbocycles. The highest BCUT2D eigenvalue weighted by molar-refractivity contribution is 5.74. The van der Waals surface area contributed by atoms with Gasteiger partial charge in [0.2, 0.25) is 0 Å². The molecule has 0 amide bonds. The highest BCUT2D eigenvalue weighted by Crippen LogP contribution is 2.26. The molecule has 16 heavy (non-hydrogen) atoms. The molecule has 0 saturated heterocycles. The largest absolute Gasteiger partial charge is 0.493 e. The minimum Gasteiger partial charge on any atom is -0.493 e. The number of aryl methyl sites for hydroxylation is 1. The molecule has 0 radical (unpaired) electrons. The Kier molecular flexibility index (Phi) is 4.28. The van der Waals surface area contributed by atoms with Gasteiger partial charge in [0.05, 0.1) is 20.1 Å². The maximum absolute atomic E-state index is 13.4. The predicted octanol–water partition coefficient (Wildman–Crippen LogP) is 2.25. The molecule has 0 fully saturated rings. The lowest BCUT2D eigenvalue weighted by Crippen LogP contribution is -2.10. The molecule has 0 saturated carbocycles. The summed E-state index contributed by atoms with van der Waals surface area (Å²) in [6, 6.07) is 2.94. The summed E-state index contributed by atoms with van der Waals surface area (Å²) in [5.74, 6) is -0.727. The van der Waals surface area contributed by atoms with Crippen molar-refractivity contribution in [3.8, 4) is 5.75 Å². The van der Waals surface area contributed by atoms with Gasteiger partial charge in [-0.15, -0.1) is 0 Å². The van der Waals surface area contributed by atoms with Crippen LogP contribution in [-0.2, 0) is 16.0 Å². The van der Waals surface area contributed by atoms with Gasteiger partial charge in [0.25, 0.3) is 0 Å². The molecular weight excluding hydrogens is 211 g/mol. The van der Waals surface area contributed by atoms with Gasteiger partial charge in [-0.3, -0.25) is 4.79 Å². The van der Waals surface area contributed by atoms with E-state index in [1.807, 2.05) is 0 Å². The third kappa shape index (κ3) is 2.72. The first kappa shape index (κ1) is 12.5. The van der Waals surface area contributed by atoms with Crippen LogP contribution in [0.2, 0.25) is 0 Å². The van der Waals surface area contributed by atoms with Gasteiger partial charge < -0.3 is 9.47 Å². The van der Waals surface area contributed by atoms with E-state index in [1.54, 1.807) is 19.9 Å². The van der Waals surface area contributed by atoms with Crippen molar-refractivity contribution in [1.82, 2.24) is 0 Å². The summed E-state index contributed by atoms with van der Waals surface area (Å²) in [5.41, 5.74) is 1.35. The normalized spacial score (nSPS) is 10.0. The lowest BCUT2D eigenvalue weighted by molar-refractivity contribution is -0.142. The number of hydrogen-bond donors (Lipinski definition) is 0. The van der Waals surface area contributed by atoms with Gasteiger partial charge in [-0.25, -0.2) is 4.39 Å². The Morgan fingerprint density at radius 1 is 1.44 bits per heavy atom. The number of methoxy groups -OCH3 is 1. The summed E-state index contributed by atoms with van der Waals surface area (Å²) in [6.45, 7) is 3.85. The maximum Gasteiger partial charge on any atom is 0.310 e. The maximum atomic E-state index is 13.4. The van der Waals surface area contributed by atoms with E-state index in [0.29, 0.717) is 12.2 Å². The van der Waals surface area contributed by atoms with Gasteiger partial charge >= 0.3 is 5.97 Å². The minimum absolute atomic E-state index is 0.0284. The number of halogens is 1. The zero-order valence-electron chi connectivity index (χ0n) is 9.67. The Hall–Kier alpha value is -1.58. The van der Waals surface area contributed by atoms with Gasteiger partial charge in [-0.05, 0) is 25.5 Å². The van der Waals surface area contributed by atoms with Crippen LogP contribution >= 0.6 is 0 Å². The Labute approximate surface area is 94.2 Å². The number of carbonyl (C=O) groups is 1. The van der Waals surface area contributed by atoms with Crippen LogP contribution in [0.1, 0.15) is 18.1 Å². The number of esters is 1. The fraction of sp³-hybridized carbons (Fsp3) is 0.417. The summed E-state index contributed by atoms with van der Waals surface area (Å²) in [5, 5.41) is 0. The van der Waals surface area contributed by atoms with E-state index >= 15 is 0 Å². The van der Waals surface area contributed by atoms with Crippen LogP contribution in [0.5, 0.6) is 5.75 Å². The molecule has 4 heteroatoms. The van der Waals surface area contributed by atoms with Gasteiger partial charge in [0, 0.05) is 5.56 Å². The first-order valence-corrected chi connectivity index (χ1v) is 5.07. The van der Waals surface area contributed by atoms with Crippen LogP contribution in [0.25, 0.3) is 0 Å². The highest BCUT2D eigenvalue weighted by atomic mass is 19.1. The van der Waals surface area contributed by atoms with Gasteiger partial charge in [0.1, 0.15) is 0 Å². The Morgan fingerprint density at radius 2 is 2.12 bits per heavy atom. The zero-order valence-corrected chi connectivity index (χ0v) is 9.67. The first-order valence-electron chi connectivity index (χ1n) is 5.07. The summed E-state index contributed by atoms with van der Waals surface area (Å²) < 4.78 is 23.2. The second-order valence-corrected chi connectivity index (χ2v) is 3.36. The average molecular weight is 226 g/mol. The van der Waals surface area contributed by atoms with Crippen molar-refractivity contribution in [3.05, 3.63) is 29.1 Å². The molecule has 0 heterocycles. The standard InChI is InChI=1S/C12H15FO3/c1-4-16-11(14)7-9-8(2)5-6-10(13)12(9)15-3/h5-6H,4,7H2,1-3H3. The van der Waals surface area contributed by atoms with Gasteiger partial charge in [0.15, 0.2) is 11.6 Å². The van der Waals surface area contributed by atoms with E-state index in [9.17, 15) is 9.18 Å². The monoisotopic (exact) mass is 226 g/mol. The van der Waals surface area contributed by atoms with Crippen LogP contribution in [0.15, 0.2) is 12.1 Å². The van der Waals surface area contributed by atoms with E-state index < -0.39 is 5.82 Å². The summed E-state index contributed by atoms with van der Waals surface area (Å²) >= 11 is 0. The number of hydrogen-bond acceptors (Lipinski definition) is 3. The van der Waals surface area contributed by atoms with Crippen molar-refractivity contribution < 1.29 is 18.7 Å². The predicted molar refractivity (Wildman–Crippen MR) is 58.0 cm³/mol.